The monoisotopic (exact) mass is 586 g/mol. The maximum Gasteiger partial charge on any atom is -0.147 e. The van der Waals surface area contributed by atoms with Crippen LogP contribution in [0.2, 0.25) is 0 Å². The standard InChI is InChI=1S/C25H17.C5H5.C3H6.2ClH.Zr/c1-3-7-18(8-4-1)20-11-13-24-22(15-20)17-23-16-21(12-14-25(23)24)19-9-5-2-6-10-19;1-2-4-5-3-1;1-3-2;;;/h1-15H,17H2;1-3H,4H2;1-2H3;2*1H;. The molecule has 0 fully saturated rings. The van der Waals surface area contributed by atoms with Gasteiger partial charge in [-0.1, -0.05) is 0 Å². The Hall–Kier alpha value is -2.31. The van der Waals surface area contributed by atoms with Crippen LogP contribution in [0.1, 0.15) is 31.4 Å². The maximum absolute atomic E-state index is 2.43. The summed E-state index contributed by atoms with van der Waals surface area (Å²) in [7, 11) is 0. The molecule has 0 spiro atoms. The summed E-state index contributed by atoms with van der Waals surface area (Å²) in [6, 6.07) is 33.7. The first-order chi connectivity index (χ1) is 16.7. The Balaban J connectivity index is 0.00000152. The number of fused-ring (bicyclic) bond motifs is 3. The number of halogens is 2. The third kappa shape index (κ3) is 4.82. The van der Waals surface area contributed by atoms with Gasteiger partial charge >= 0.3 is 211 Å². The Morgan fingerprint density at radius 3 is 1.94 bits per heavy atom. The molecule has 180 valence electrons. The van der Waals surface area contributed by atoms with Crippen LogP contribution in [-0.4, -0.2) is 3.21 Å². The number of benzene rings is 4. The van der Waals surface area contributed by atoms with Crippen molar-refractivity contribution in [3.05, 3.63) is 124 Å². The summed E-state index contributed by atoms with van der Waals surface area (Å²) < 4.78 is 5.05. The number of hydrogen-bond donors (Lipinski definition) is 0. The van der Waals surface area contributed by atoms with Gasteiger partial charge in [0.15, 0.2) is 0 Å². The molecule has 0 aromatic heterocycles. The molecular weight excluding hydrogens is 558 g/mol. The van der Waals surface area contributed by atoms with Crippen LogP contribution < -0.4 is 3.27 Å². The molecule has 0 atom stereocenters. The largest absolute Gasteiger partial charge is 0.147 e. The molecule has 0 N–H and O–H groups in total. The molecule has 0 saturated heterocycles. The van der Waals surface area contributed by atoms with Crippen LogP contribution in [0.4, 0.5) is 0 Å². The summed E-state index contributed by atoms with van der Waals surface area (Å²) in [5, 5.41) is 0. The molecule has 0 saturated carbocycles. The molecule has 0 amide bonds. The SMILES string of the molecule is C[C](C)=[Zr]([C]1=CC=CC1)[c]1c(-c2ccccc2)ccc2c1Cc1cc(-c3ccccc3)ccc1-2.Cl.Cl. The number of rotatable bonds is 4. The van der Waals surface area contributed by atoms with Crippen LogP contribution in [0.15, 0.2) is 113 Å². The molecule has 0 heterocycles. The molecule has 36 heavy (non-hydrogen) atoms. The van der Waals surface area contributed by atoms with Crippen LogP contribution in [0.5, 0.6) is 0 Å². The zero-order valence-electron chi connectivity index (χ0n) is 20.6. The number of hydrogen-bond acceptors (Lipinski definition) is 0. The van der Waals surface area contributed by atoms with E-state index < -0.39 is 21.3 Å². The van der Waals surface area contributed by atoms with E-state index in [4.69, 9.17) is 0 Å². The fraction of sp³-hybridized carbons (Fsp3) is 0.121. The van der Waals surface area contributed by atoms with E-state index in [9.17, 15) is 0 Å². The molecule has 2 aliphatic rings. The van der Waals surface area contributed by atoms with Gasteiger partial charge in [-0.2, -0.15) is 0 Å². The van der Waals surface area contributed by atoms with Crippen molar-refractivity contribution in [2.75, 3.05) is 0 Å². The Kier molecular flexibility index (Phi) is 8.46. The van der Waals surface area contributed by atoms with Gasteiger partial charge in [-0.3, -0.25) is 0 Å². The van der Waals surface area contributed by atoms with Crippen molar-refractivity contribution in [2.45, 2.75) is 26.7 Å². The first-order valence-electron chi connectivity index (χ1n) is 12.1. The van der Waals surface area contributed by atoms with Gasteiger partial charge in [0.25, 0.3) is 0 Å². The van der Waals surface area contributed by atoms with E-state index >= 15 is 0 Å². The van der Waals surface area contributed by atoms with Gasteiger partial charge in [0.1, 0.15) is 0 Å². The topological polar surface area (TPSA) is 0 Å². The van der Waals surface area contributed by atoms with Gasteiger partial charge in [-0.25, -0.2) is 0 Å². The van der Waals surface area contributed by atoms with E-state index in [2.05, 4.69) is 123 Å². The third-order valence-electron chi connectivity index (χ3n) is 7.11. The molecule has 2 aliphatic carbocycles. The average Bonchev–Trinajstić information content (AvgIpc) is 3.53. The zero-order chi connectivity index (χ0) is 23.1. The summed E-state index contributed by atoms with van der Waals surface area (Å²) in [4.78, 5) is 0. The predicted octanol–water partition coefficient (Wildman–Crippen LogP) is 8.73. The average molecular weight is 589 g/mol. The van der Waals surface area contributed by atoms with Crippen molar-refractivity contribution >= 4 is 31.3 Å². The number of allylic oxidation sites excluding steroid dienone is 4. The second-order valence-corrected chi connectivity index (χ2v) is 16.6. The third-order valence-corrected chi connectivity index (χ3v) is 14.7. The van der Waals surface area contributed by atoms with Gasteiger partial charge in [0.2, 0.25) is 0 Å². The van der Waals surface area contributed by atoms with E-state index in [1.54, 1.807) is 15.3 Å². The Morgan fingerprint density at radius 2 is 1.31 bits per heavy atom. The first-order valence-corrected chi connectivity index (χ1v) is 15.8. The molecule has 0 aliphatic heterocycles. The van der Waals surface area contributed by atoms with Crippen molar-refractivity contribution in [2.24, 2.45) is 0 Å². The van der Waals surface area contributed by atoms with Crippen LogP contribution in [0, 0.1) is 0 Å². The van der Waals surface area contributed by atoms with E-state index in [-0.39, 0.29) is 24.8 Å². The minimum absolute atomic E-state index is 0. The van der Waals surface area contributed by atoms with E-state index in [1.165, 1.54) is 38.9 Å². The van der Waals surface area contributed by atoms with Gasteiger partial charge in [-0.05, 0) is 0 Å². The van der Waals surface area contributed by atoms with Crippen molar-refractivity contribution < 1.29 is 21.3 Å². The fourth-order valence-corrected chi connectivity index (χ4v) is 13.1. The van der Waals surface area contributed by atoms with Crippen molar-refractivity contribution in [1.29, 1.82) is 0 Å². The minimum Gasteiger partial charge on any atom is -0.147 e. The second kappa shape index (κ2) is 11.4. The summed E-state index contributed by atoms with van der Waals surface area (Å²) in [5.41, 5.74) is 11.4. The molecule has 0 radical (unpaired) electrons. The second-order valence-electron chi connectivity index (χ2n) is 9.49. The van der Waals surface area contributed by atoms with Crippen molar-refractivity contribution in [3.8, 4) is 33.4 Å². The van der Waals surface area contributed by atoms with Gasteiger partial charge in [0, 0.05) is 0 Å². The van der Waals surface area contributed by atoms with Gasteiger partial charge in [0.05, 0.1) is 0 Å². The first kappa shape index (κ1) is 26.7. The van der Waals surface area contributed by atoms with Gasteiger partial charge < -0.3 is 0 Å². The molecular formula is C33H30Cl2Zr. The van der Waals surface area contributed by atoms with Crippen LogP contribution in [-0.2, 0) is 27.7 Å². The zero-order valence-corrected chi connectivity index (χ0v) is 24.7. The summed E-state index contributed by atoms with van der Waals surface area (Å²) in [6.45, 7) is 4.77. The van der Waals surface area contributed by atoms with Crippen LogP contribution in [0.25, 0.3) is 33.4 Å². The Bertz CT molecular complexity index is 1490. The van der Waals surface area contributed by atoms with Gasteiger partial charge in [-0.15, -0.1) is 24.8 Å². The van der Waals surface area contributed by atoms with E-state index in [1.807, 2.05) is 0 Å². The molecule has 6 rings (SSSR count). The molecule has 4 aromatic rings. The minimum atomic E-state index is -2.21. The van der Waals surface area contributed by atoms with E-state index in [0.717, 1.165) is 12.8 Å². The Morgan fingerprint density at radius 1 is 0.667 bits per heavy atom. The Labute approximate surface area is 234 Å². The summed E-state index contributed by atoms with van der Waals surface area (Å²) in [6.07, 6.45) is 9.20. The summed E-state index contributed by atoms with van der Waals surface area (Å²) >= 11 is -2.21. The molecule has 4 aromatic carbocycles. The van der Waals surface area contributed by atoms with E-state index in [0.29, 0.717) is 0 Å². The molecule has 0 bridgehead atoms. The van der Waals surface area contributed by atoms with Crippen LogP contribution >= 0.6 is 24.8 Å². The summed E-state index contributed by atoms with van der Waals surface area (Å²) in [5.74, 6) is 0. The molecule has 0 nitrogen and oxygen atoms in total. The quantitative estimate of drug-likeness (QED) is 0.197. The molecule has 0 unspecified atom stereocenters. The maximum atomic E-state index is 2.43. The normalized spacial score (nSPS) is 12.7. The smallest absolute Gasteiger partial charge is 0.147 e. The van der Waals surface area contributed by atoms with Crippen molar-refractivity contribution in [3.63, 3.8) is 0 Å². The van der Waals surface area contributed by atoms with Crippen LogP contribution in [0.3, 0.4) is 0 Å². The molecule has 3 heteroatoms. The fourth-order valence-electron chi connectivity index (χ4n) is 5.60. The van der Waals surface area contributed by atoms with Crippen molar-refractivity contribution in [1.82, 2.24) is 0 Å². The predicted molar refractivity (Wildman–Crippen MR) is 158 cm³/mol.